The first kappa shape index (κ1) is 13.1. The third-order valence-electron chi connectivity index (χ3n) is 2.13. The van der Waals surface area contributed by atoms with Gasteiger partial charge in [0.2, 0.25) is 0 Å². The molecule has 0 saturated heterocycles. The second-order valence-electron chi connectivity index (χ2n) is 4.48. The number of quaternary nitrogens is 1. The molecule has 0 spiro atoms. The highest BCUT2D eigenvalue weighted by molar-refractivity contribution is 5.83. The van der Waals surface area contributed by atoms with Gasteiger partial charge in [0.1, 0.15) is 12.1 Å². The van der Waals surface area contributed by atoms with Crippen molar-refractivity contribution in [1.29, 1.82) is 0 Å². The van der Waals surface area contributed by atoms with E-state index in [0.717, 1.165) is 0 Å². The largest absolute Gasteiger partial charge is 0.545 e. The Bertz CT molecular complexity index is 238. The lowest BCUT2D eigenvalue weighted by molar-refractivity contribution is -0.892. The quantitative estimate of drug-likeness (QED) is 0.475. The highest BCUT2D eigenvalue weighted by Crippen LogP contribution is 2.11. The average Bonchev–Trinajstić information content (AvgIpc) is 1.96. The zero-order valence-corrected chi connectivity index (χ0v) is 9.44. The van der Waals surface area contributed by atoms with Crippen molar-refractivity contribution < 1.29 is 19.5 Å². The fourth-order valence-electron chi connectivity index (χ4n) is 1.33. The Morgan fingerprint density at radius 3 is 2.07 bits per heavy atom. The maximum Gasteiger partial charge on any atom is 0.134 e. The number of aliphatic carboxylic acids is 1. The van der Waals surface area contributed by atoms with Crippen LogP contribution in [0.5, 0.6) is 0 Å². The van der Waals surface area contributed by atoms with Gasteiger partial charge in [0.25, 0.3) is 0 Å². The van der Waals surface area contributed by atoms with E-state index in [-0.39, 0.29) is 11.6 Å². The molecule has 2 unspecified atom stereocenters. The maximum atomic E-state index is 10.5. The minimum absolute atomic E-state index is 0.156. The molecular formula is C10H19NO3. The molecule has 0 heterocycles. The molecule has 0 rings (SSSR count). The molecule has 2 atom stereocenters. The fourth-order valence-corrected chi connectivity index (χ4v) is 1.33. The molecule has 82 valence electrons. The first-order chi connectivity index (χ1) is 6.16. The predicted octanol–water partition coefficient (Wildman–Crippen LogP) is -0.862. The Morgan fingerprint density at radius 2 is 1.86 bits per heavy atom. The van der Waals surface area contributed by atoms with E-state index >= 15 is 0 Å². The van der Waals surface area contributed by atoms with E-state index in [9.17, 15) is 15.0 Å². The van der Waals surface area contributed by atoms with Crippen LogP contribution in [-0.2, 0) is 4.79 Å². The summed E-state index contributed by atoms with van der Waals surface area (Å²) in [7, 11) is 5.70. The van der Waals surface area contributed by atoms with Crippen molar-refractivity contribution in [2.24, 2.45) is 0 Å². The maximum absolute atomic E-state index is 10.5. The molecule has 1 N–H and O–H groups in total. The van der Waals surface area contributed by atoms with Gasteiger partial charge >= 0.3 is 0 Å². The number of carboxylic acids is 1. The van der Waals surface area contributed by atoms with E-state index in [1.165, 1.54) is 6.92 Å². The fraction of sp³-hybridized carbons (Fsp3) is 0.700. The summed E-state index contributed by atoms with van der Waals surface area (Å²) in [4.78, 5) is 10.5. The third-order valence-corrected chi connectivity index (χ3v) is 2.13. The van der Waals surface area contributed by atoms with Gasteiger partial charge in [-0.1, -0.05) is 0 Å². The van der Waals surface area contributed by atoms with Gasteiger partial charge in [0, 0.05) is 0 Å². The standard InChI is InChI=1S/C10H19NO3/c1-7(10(13)14)6-9(8(2)12)11(3,4)5/h6,8-9,12H,1-5H3. The van der Waals surface area contributed by atoms with E-state index in [4.69, 9.17) is 0 Å². The molecule has 4 heteroatoms. The third kappa shape index (κ3) is 3.89. The summed E-state index contributed by atoms with van der Waals surface area (Å²) in [6.07, 6.45) is 0.948. The van der Waals surface area contributed by atoms with Gasteiger partial charge in [-0.2, -0.15) is 0 Å². The zero-order valence-electron chi connectivity index (χ0n) is 9.44. The van der Waals surface area contributed by atoms with Crippen LogP contribution >= 0.6 is 0 Å². The minimum atomic E-state index is -1.19. The van der Waals surface area contributed by atoms with Gasteiger partial charge in [-0.15, -0.1) is 0 Å². The van der Waals surface area contributed by atoms with E-state index in [0.29, 0.717) is 4.48 Å². The molecule has 0 aromatic heterocycles. The van der Waals surface area contributed by atoms with E-state index in [1.807, 2.05) is 21.1 Å². The van der Waals surface area contributed by atoms with Crippen LogP contribution in [0, 0.1) is 0 Å². The molecular weight excluding hydrogens is 182 g/mol. The van der Waals surface area contributed by atoms with Gasteiger partial charge in [-0.25, -0.2) is 0 Å². The summed E-state index contributed by atoms with van der Waals surface area (Å²) in [5.41, 5.74) is 0.156. The molecule has 0 bridgehead atoms. The number of carbonyl (C=O) groups excluding carboxylic acids is 1. The number of carboxylic acid groups (broad SMARTS) is 1. The van der Waals surface area contributed by atoms with E-state index < -0.39 is 12.1 Å². The molecule has 0 amide bonds. The molecule has 0 fully saturated rings. The predicted molar refractivity (Wildman–Crippen MR) is 52.3 cm³/mol. The molecule has 0 aliphatic rings. The van der Waals surface area contributed by atoms with Gasteiger partial charge in [0.05, 0.1) is 27.1 Å². The summed E-state index contributed by atoms with van der Waals surface area (Å²) in [5, 5.41) is 20.0. The number of nitrogens with zero attached hydrogens (tertiary/aromatic N) is 1. The first-order valence-corrected chi connectivity index (χ1v) is 4.55. The van der Waals surface area contributed by atoms with Crippen LogP contribution in [0.15, 0.2) is 11.6 Å². The SMILES string of the molecule is CC(=CC(C(C)O)[N+](C)(C)C)C(=O)[O-]. The smallest absolute Gasteiger partial charge is 0.134 e. The Morgan fingerprint density at radius 1 is 1.43 bits per heavy atom. The Balaban J connectivity index is 4.88. The topological polar surface area (TPSA) is 60.4 Å². The summed E-state index contributed by atoms with van der Waals surface area (Å²) in [6, 6.07) is -0.243. The van der Waals surface area contributed by atoms with Crippen LogP contribution in [0.4, 0.5) is 0 Å². The van der Waals surface area contributed by atoms with Crippen molar-refractivity contribution in [3.05, 3.63) is 11.6 Å². The summed E-state index contributed by atoms with van der Waals surface area (Å²) in [6.45, 7) is 3.12. The molecule has 0 aliphatic carbocycles. The summed E-state index contributed by atoms with van der Waals surface area (Å²) >= 11 is 0. The van der Waals surface area contributed by atoms with Crippen LogP contribution in [0.2, 0.25) is 0 Å². The normalized spacial score (nSPS) is 17.7. The van der Waals surface area contributed by atoms with Crippen LogP contribution in [-0.4, -0.2) is 48.8 Å². The van der Waals surface area contributed by atoms with Crippen LogP contribution in [0.25, 0.3) is 0 Å². The minimum Gasteiger partial charge on any atom is -0.545 e. The zero-order chi connectivity index (χ0) is 11.5. The van der Waals surface area contributed by atoms with Gasteiger partial charge in [-0.3, -0.25) is 0 Å². The lowest BCUT2D eigenvalue weighted by Crippen LogP contribution is -2.50. The van der Waals surface area contributed by atoms with Crippen LogP contribution in [0.1, 0.15) is 13.8 Å². The number of rotatable bonds is 4. The molecule has 14 heavy (non-hydrogen) atoms. The molecule has 4 nitrogen and oxygen atoms in total. The van der Waals surface area contributed by atoms with Crippen molar-refractivity contribution in [2.75, 3.05) is 21.1 Å². The average molecular weight is 201 g/mol. The van der Waals surface area contributed by atoms with Gasteiger partial charge in [-0.05, 0) is 25.5 Å². The number of likely N-dealkylation sites (N-methyl/N-ethyl adjacent to an activating group) is 1. The highest BCUT2D eigenvalue weighted by atomic mass is 16.4. The number of hydrogen-bond acceptors (Lipinski definition) is 3. The van der Waals surface area contributed by atoms with E-state index in [2.05, 4.69) is 0 Å². The second-order valence-corrected chi connectivity index (χ2v) is 4.48. The number of aliphatic hydroxyl groups is 1. The van der Waals surface area contributed by atoms with Crippen LogP contribution < -0.4 is 5.11 Å². The van der Waals surface area contributed by atoms with E-state index in [1.54, 1.807) is 13.0 Å². The van der Waals surface area contributed by atoms with Crippen molar-refractivity contribution >= 4 is 5.97 Å². The van der Waals surface area contributed by atoms with Crippen molar-refractivity contribution in [3.8, 4) is 0 Å². The lowest BCUT2D eigenvalue weighted by atomic mass is 10.1. The number of carbonyl (C=O) groups is 1. The molecule has 0 saturated carbocycles. The molecule has 0 aromatic rings. The number of aliphatic hydroxyl groups excluding tert-OH is 1. The van der Waals surface area contributed by atoms with Crippen molar-refractivity contribution in [1.82, 2.24) is 0 Å². The summed E-state index contributed by atoms with van der Waals surface area (Å²) < 4.78 is 0.474. The Hall–Kier alpha value is -0.870. The van der Waals surface area contributed by atoms with Gasteiger partial charge in [0.15, 0.2) is 0 Å². The van der Waals surface area contributed by atoms with Crippen LogP contribution in [0.3, 0.4) is 0 Å². The Kier molecular flexibility index (Phi) is 4.29. The molecule has 0 aliphatic heterocycles. The van der Waals surface area contributed by atoms with Crippen molar-refractivity contribution in [3.63, 3.8) is 0 Å². The Labute approximate surface area is 85.1 Å². The lowest BCUT2D eigenvalue weighted by Gasteiger charge is -2.34. The molecule has 0 radical (unpaired) electrons. The van der Waals surface area contributed by atoms with Crippen molar-refractivity contribution in [2.45, 2.75) is 26.0 Å². The summed E-state index contributed by atoms with van der Waals surface area (Å²) in [5.74, 6) is -1.19. The monoisotopic (exact) mass is 201 g/mol. The number of hydrogen-bond donors (Lipinski definition) is 1. The van der Waals surface area contributed by atoms with Gasteiger partial charge < -0.3 is 19.5 Å². The second kappa shape index (κ2) is 4.57. The first-order valence-electron chi connectivity index (χ1n) is 4.55. The molecule has 0 aromatic carbocycles. The highest BCUT2D eigenvalue weighted by Gasteiger charge is 2.26.